The predicted molar refractivity (Wildman–Crippen MR) is 65.0 cm³/mol. The molecule has 3 N–H and O–H groups in total. The summed E-state index contributed by atoms with van der Waals surface area (Å²) in [5, 5.41) is 0. The minimum atomic E-state index is -0.519. The first-order chi connectivity index (χ1) is 9.20. The lowest BCUT2D eigenvalue weighted by molar-refractivity contribution is 0.260. The first-order valence-electron chi connectivity index (χ1n) is 6.58. The minimum absolute atomic E-state index is 0.323. The van der Waals surface area contributed by atoms with Crippen molar-refractivity contribution in [3.8, 4) is 0 Å². The van der Waals surface area contributed by atoms with E-state index in [-0.39, 0.29) is 0 Å². The summed E-state index contributed by atoms with van der Waals surface area (Å²) in [4.78, 5) is 35.2. The third-order valence-corrected chi connectivity index (χ3v) is 4.86. The Morgan fingerprint density at radius 3 is 2.79 bits per heavy atom. The van der Waals surface area contributed by atoms with Gasteiger partial charge in [0.25, 0.3) is 5.56 Å². The fourth-order valence-electron chi connectivity index (χ4n) is 4.04. The molecule has 5 atom stereocenters. The first kappa shape index (κ1) is 9.96. The lowest BCUT2D eigenvalue weighted by atomic mass is 9.88. The van der Waals surface area contributed by atoms with Gasteiger partial charge >= 0.3 is 5.69 Å². The van der Waals surface area contributed by atoms with Crippen LogP contribution in [-0.2, 0) is 4.74 Å². The van der Waals surface area contributed by atoms with Gasteiger partial charge in [-0.15, -0.1) is 0 Å². The molecule has 1 aliphatic heterocycles. The third kappa shape index (κ3) is 1.18. The van der Waals surface area contributed by atoms with E-state index in [2.05, 4.69) is 19.9 Å². The van der Waals surface area contributed by atoms with Gasteiger partial charge in [0.15, 0.2) is 5.65 Å². The second kappa shape index (κ2) is 2.98. The number of aromatic nitrogens is 4. The van der Waals surface area contributed by atoms with Crippen molar-refractivity contribution in [2.45, 2.75) is 31.0 Å². The molecule has 0 spiro atoms. The highest BCUT2D eigenvalue weighted by Crippen LogP contribution is 2.61. The molecule has 2 aromatic heterocycles. The molecule has 98 valence electrons. The Balaban J connectivity index is 1.64. The van der Waals surface area contributed by atoms with Crippen LogP contribution < -0.4 is 11.2 Å². The van der Waals surface area contributed by atoms with E-state index in [1.807, 2.05) is 0 Å². The highest BCUT2D eigenvalue weighted by atomic mass is 16.6. The van der Waals surface area contributed by atoms with Gasteiger partial charge in [-0.05, 0) is 24.7 Å². The number of fused-ring (bicyclic) bond motifs is 6. The second-order valence-electron chi connectivity index (χ2n) is 5.82. The van der Waals surface area contributed by atoms with Crippen LogP contribution in [0.15, 0.2) is 9.59 Å². The molecule has 0 radical (unpaired) electrons. The number of aromatic amines is 3. The van der Waals surface area contributed by atoms with Gasteiger partial charge in [-0.2, -0.15) is 0 Å². The van der Waals surface area contributed by atoms with Gasteiger partial charge in [-0.1, -0.05) is 0 Å². The molecular formula is C12H12N4O3. The van der Waals surface area contributed by atoms with Crippen LogP contribution in [0, 0.1) is 11.8 Å². The highest BCUT2D eigenvalue weighted by molar-refractivity contribution is 5.68. The van der Waals surface area contributed by atoms with E-state index in [9.17, 15) is 9.59 Å². The molecule has 5 rings (SSSR count). The summed E-state index contributed by atoms with van der Waals surface area (Å²) in [6.45, 7) is 0. The van der Waals surface area contributed by atoms with E-state index in [1.54, 1.807) is 0 Å². The molecule has 3 fully saturated rings. The number of hydrogen-bond donors (Lipinski definition) is 3. The summed E-state index contributed by atoms with van der Waals surface area (Å²) in [5.74, 6) is 2.29. The molecule has 3 aliphatic rings. The Hall–Kier alpha value is -1.89. The SMILES string of the molecule is O=c1[nH]c(=O)c2[nH]c(C3CC4CC3C3OC43)nc2[nH]1. The van der Waals surface area contributed by atoms with Crippen molar-refractivity contribution in [3.63, 3.8) is 0 Å². The molecule has 2 bridgehead atoms. The van der Waals surface area contributed by atoms with Crippen molar-refractivity contribution in [3.05, 3.63) is 26.7 Å². The Morgan fingerprint density at radius 1 is 1.11 bits per heavy atom. The molecule has 7 nitrogen and oxygen atoms in total. The number of ether oxygens (including phenoxy) is 1. The zero-order chi connectivity index (χ0) is 12.7. The molecule has 0 aromatic carbocycles. The van der Waals surface area contributed by atoms with Crippen molar-refractivity contribution < 1.29 is 4.74 Å². The fourth-order valence-corrected chi connectivity index (χ4v) is 4.04. The molecule has 7 heteroatoms. The molecule has 3 heterocycles. The number of hydrogen-bond acceptors (Lipinski definition) is 4. The van der Waals surface area contributed by atoms with E-state index in [4.69, 9.17) is 4.74 Å². The van der Waals surface area contributed by atoms with Crippen molar-refractivity contribution in [2.24, 2.45) is 11.8 Å². The van der Waals surface area contributed by atoms with Gasteiger partial charge in [-0.25, -0.2) is 9.78 Å². The van der Waals surface area contributed by atoms with Crippen LogP contribution in [0.1, 0.15) is 24.6 Å². The average molecular weight is 260 g/mol. The second-order valence-corrected chi connectivity index (χ2v) is 5.82. The smallest absolute Gasteiger partial charge is 0.327 e. The molecule has 2 aromatic rings. The molecule has 2 aliphatic carbocycles. The number of imidazole rings is 1. The molecular weight excluding hydrogens is 248 g/mol. The van der Waals surface area contributed by atoms with Gasteiger partial charge < -0.3 is 9.72 Å². The Kier molecular flexibility index (Phi) is 1.56. The Labute approximate surface area is 106 Å². The summed E-state index contributed by atoms with van der Waals surface area (Å²) in [7, 11) is 0. The van der Waals surface area contributed by atoms with Crippen molar-refractivity contribution in [1.82, 2.24) is 19.9 Å². The van der Waals surface area contributed by atoms with Crippen molar-refractivity contribution in [2.75, 3.05) is 0 Å². The van der Waals surface area contributed by atoms with Crippen LogP contribution >= 0.6 is 0 Å². The third-order valence-electron chi connectivity index (χ3n) is 4.86. The first-order valence-corrected chi connectivity index (χ1v) is 6.58. The number of epoxide rings is 1. The monoisotopic (exact) mass is 260 g/mol. The average Bonchev–Trinajstić information content (AvgIpc) is 2.78. The van der Waals surface area contributed by atoms with Gasteiger partial charge in [0, 0.05) is 5.92 Å². The van der Waals surface area contributed by atoms with Gasteiger partial charge in [0.2, 0.25) is 0 Å². The van der Waals surface area contributed by atoms with E-state index >= 15 is 0 Å². The van der Waals surface area contributed by atoms with Crippen molar-refractivity contribution in [1.29, 1.82) is 0 Å². The van der Waals surface area contributed by atoms with Crippen LogP contribution in [-0.4, -0.2) is 32.1 Å². The van der Waals surface area contributed by atoms with Gasteiger partial charge in [0.1, 0.15) is 11.3 Å². The molecule has 0 amide bonds. The summed E-state index contributed by atoms with van der Waals surface area (Å²) >= 11 is 0. The maximum Gasteiger partial charge on any atom is 0.327 e. The zero-order valence-electron chi connectivity index (χ0n) is 9.97. The standard InChI is InChI=1S/C12H12N4O3/c17-11-6-10(15-12(18)16-11)14-9(13-6)5-2-3-1-4(5)8-7(3)19-8/h3-5,7-8H,1-2H2,(H3,13,14,15,16,17,18). The van der Waals surface area contributed by atoms with E-state index < -0.39 is 11.2 Å². The van der Waals surface area contributed by atoms with Crippen LogP contribution in [0.3, 0.4) is 0 Å². The van der Waals surface area contributed by atoms with Crippen LogP contribution in [0.4, 0.5) is 0 Å². The molecule has 1 saturated heterocycles. The normalized spacial score (nSPS) is 38.8. The van der Waals surface area contributed by atoms with Crippen molar-refractivity contribution >= 4 is 11.2 Å². The number of H-pyrrole nitrogens is 3. The number of nitrogens with one attached hydrogen (secondary N) is 3. The summed E-state index contributed by atoms with van der Waals surface area (Å²) in [6, 6.07) is 0. The number of rotatable bonds is 1. The zero-order valence-corrected chi connectivity index (χ0v) is 9.97. The topological polar surface area (TPSA) is 107 Å². The Bertz CT molecular complexity index is 803. The minimum Gasteiger partial charge on any atom is -0.369 e. The quantitative estimate of drug-likeness (QED) is 0.619. The number of nitrogens with zero attached hydrogens (tertiary/aromatic N) is 1. The highest BCUT2D eigenvalue weighted by Gasteiger charge is 2.63. The maximum absolute atomic E-state index is 11.7. The summed E-state index contributed by atoms with van der Waals surface area (Å²) < 4.78 is 5.64. The maximum atomic E-state index is 11.7. The molecule has 2 saturated carbocycles. The largest absolute Gasteiger partial charge is 0.369 e. The molecule has 5 unspecified atom stereocenters. The molecule has 19 heavy (non-hydrogen) atoms. The predicted octanol–water partition coefficient (Wildman–Crippen LogP) is -0.170. The van der Waals surface area contributed by atoms with Gasteiger partial charge in [-0.3, -0.25) is 14.8 Å². The fraction of sp³-hybridized carbons (Fsp3) is 0.583. The lowest BCUT2D eigenvalue weighted by Crippen LogP contribution is -2.21. The van der Waals surface area contributed by atoms with Crippen LogP contribution in [0.5, 0.6) is 0 Å². The summed E-state index contributed by atoms with van der Waals surface area (Å²) in [5.41, 5.74) is -0.235. The summed E-state index contributed by atoms with van der Waals surface area (Å²) in [6.07, 6.45) is 3.14. The lowest BCUT2D eigenvalue weighted by Gasteiger charge is -2.16. The van der Waals surface area contributed by atoms with Crippen LogP contribution in [0.25, 0.3) is 11.2 Å². The van der Waals surface area contributed by atoms with E-state index in [0.29, 0.717) is 41.1 Å². The van der Waals surface area contributed by atoms with Gasteiger partial charge in [0.05, 0.1) is 12.2 Å². The van der Waals surface area contributed by atoms with Crippen LogP contribution in [0.2, 0.25) is 0 Å². The van der Waals surface area contributed by atoms with E-state index in [0.717, 1.165) is 12.2 Å². The van der Waals surface area contributed by atoms with E-state index in [1.165, 1.54) is 6.42 Å². The Morgan fingerprint density at radius 2 is 2.00 bits per heavy atom.